The molecule has 2 aliphatic rings. The lowest BCUT2D eigenvalue weighted by molar-refractivity contribution is -0.310. The van der Waals surface area contributed by atoms with Crippen molar-refractivity contribution in [1.82, 2.24) is 4.90 Å². The van der Waals surface area contributed by atoms with E-state index < -0.39 is 12.0 Å². The Morgan fingerprint density at radius 1 is 1.69 bits per heavy atom. The Balaban J connectivity index is 2.24. The maximum Gasteiger partial charge on any atom is 0.227 e. The van der Waals surface area contributed by atoms with E-state index in [1.165, 1.54) is 4.90 Å². The normalized spacial score (nSPS) is 32.5. The highest BCUT2D eigenvalue weighted by molar-refractivity contribution is 8.00. The van der Waals surface area contributed by atoms with Gasteiger partial charge in [-0.15, -0.1) is 11.8 Å². The number of thioether (sulfide) groups is 1. The Labute approximate surface area is 79.6 Å². The quantitative estimate of drug-likeness (QED) is 0.399. The third kappa shape index (κ3) is 1.14. The van der Waals surface area contributed by atoms with E-state index in [4.69, 9.17) is 0 Å². The van der Waals surface area contributed by atoms with Crippen LogP contribution < -0.4 is 5.11 Å². The minimum Gasteiger partial charge on any atom is -0.548 e. The van der Waals surface area contributed by atoms with Crippen molar-refractivity contribution in [2.75, 3.05) is 5.75 Å². The third-order valence-corrected chi connectivity index (χ3v) is 3.61. The standard InChI is InChI=1S/C8H9NO3S/c1-4-3-13-6-2-5(10)9(6)7(4)8(11)12/h6-7H,1-3H2,(H,11,12)/p-1/t6-,7?/m1/s1. The number of carbonyl (C=O) groups is 2. The van der Waals surface area contributed by atoms with E-state index in [2.05, 4.69) is 6.58 Å². The molecule has 0 aromatic rings. The molecule has 0 aromatic heterocycles. The van der Waals surface area contributed by atoms with Crippen molar-refractivity contribution in [3.8, 4) is 0 Å². The average molecular weight is 198 g/mol. The average Bonchev–Trinajstić information content (AvgIpc) is 2.05. The summed E-state index contributed by atoms with van der Waals surface area (Å²) in [6, 6.07) is -0.896. The molecule has 0 N–H and O–H groups in total. The van der Waals surface area contributed by atoms with Gasteiger partial charge in [-0.25, -0.2) is 0 Å². The predicted octanol–water partition coefficient (Wildman–Crippen LogP) is -1.03. The van der Waals surface area contributed by atoms with Crippen LogP contribution in [0.4, 0.5) is 0 Å². The van der Waals surface area contributed by atoms with Gasteiger partial charge in [-0.1, -0.05) is 6.58 Å². The van der Waals surface area contributed by atoms with Gasteiger partial charge in [-0.05, 0) is 5.57 Å². The predicted molar refractivity (Wildman–Crippen MR) is 45.6 cm³/mol. The van der Waals surface area contributed by atoms with Gasteiger partial charge in [0.1, 0.15) is 0 Å². The maximum atomic E-state index is 11.1. The maximum absolute atomic E-state index is 11.1. The largest absolute Gasteiger partial charge is 0.548 e. The monoisotopic (exact) mass is 198 g/mol. The summed E-state index contributed by atoms with van der Waals surface area (Å²) >= 11 is 1.56. The molecule has 0 radical (unpaired) electrons. The molecule has 0 bridgehead atoms. The van der Waals surface area contributed by atoms with Crippen LogP contribution in [-0.2, 0) is 9.59 Å². The highest BCUT2D eigenvalue weighted by Crippen LogP contribution is 2.38. The molecule has 0 aliphatic carbocycles. The van der Waals surface area contributed by atoms with Crippen LogP contribution in [0.3, 0.4) is 0 Å². The van der Waals surface area contributed by atoms with Crippen molar-refractivity contribution in [1.29, 1.82) is 0 Å². The number of carboxylic acid groups (broad SMARTS) is 1. The van der Waals surface area contributed by atoms with Gasteiger partial charge in [0, 0.05) is 5.75 Å². The van der Waals surface area contributed by atoms with Crippen molar-refractivity contribution < 1.29 is 14.7 Å². The molecule has 4 nitrogen and oxygen atoms in total. The number of carboxylic acids is 1. The van der Waals surface area contributed by atoms with E-state index in [0.29, 0.717) is 17.7 Å². The fourth-order valence-electron chi connectivity index (χ4n) is 1.61. The topological polar surface area (TPSA) is 60.4 Å². The smallest absolute Gasteiger partial charge is 0.227 e. The van der Waals surface area contributed by atoms with Gasteiger partial charge in [-0.2, -0.15) is 0 Å². The fraction of sp³-hybridized carbons (Fsp3) is 0.500. The van der Waals surface area contributed by atoms with Crippen LogP contribution >= 0.6 is 11.8 Å². The summed E-state index contributed by atoms with van der Waals surface area (Å²) in [5, 5.41) is 10.8. The van der Waals surface area contributed by atoms with Crippen molar-refractivity contribution in [3.63, 3.8) is 0 Å². The summed E-state index contributed by atoms with van der Waals surface area (Å²) in [7, 11) is 0. The molecule has 2 aliphatic heterocycles. The summed E-state index contributed by atoms with van der Waals surface area (Å²) in [5.74, 6) is -0.733. The summed E-state index contributed by atoms with van der Waals surface area (Å²) < 4.78 is 0. The lowest BCUT2D eigenvalue weighted by Gasteiger charge is -2.49. The van der Waals surface area contributed by atoms with Crippen molar-refractivity contribution in [3.05, 3.63) is 12.2 Å². The van der Waals surface area contributed by atoms with Crippen LogP contribution in [-0.4, -0.2) is 33.9 Å². The molecule has 2 heterocycles. The highest BCUT2D eigenvalue weighted by Gasteiger charge is 2.45. The van der Waals surface area contributed by atoms with E-state index >= 15 is 0 Å². The van der Waals surface area contributed by atoms with Crippen LogP contribution in [0, 0.1) is 0 Å². The molecular formula is C8H8NO3S-. The summed E-state index contributed by atoms with van der Waals surface area (Å²) in [5.41, 5.74) is 0.550. The number of nitrogens with zero attached hydrogens (tertiary/aromatic N) is 1. The SMILES string of the molecule is C=C1CS[C@@H]2CC(=O)N2C1C(=O)[O-]. The lowest BCUT2D eigenvalue weighted by Crippen LogP contribution is -2.63. The molecule has 0 aromatic carbocycles. The second kappa shape index (κ2) is 2.77. The molecule has 2 rings (SSSR count). The minimum atomic E-state index is -1.22. The van der Waals surface area contributed by atoms with Crippen LogP contribution in [0.25, 0.3) is 0 Å². The van der Waals surface area contributed by atoms with E-state index in [1.54, 1.807) is 11.8 Å². The number of β-lactam (4-membered cyclic amide) rings is 1. The second-order valence-corrected chi connectivity index (χ2v) is 4.32. The summed E-state index contributed by atoms with van der Waals surface area (Å²) in [6.07, 6.45) is 0.446. The first kappa shape index (κ1) is 8.62. The summed E-state index contributed by atoms with van der Waals surface area (Å²) in [4.78, 5) is 23.2. The molecular weight excluding hydrogens is 190 g/mol. The first-order valence-corrected chi connectivity index (χ1v) is 4.97. The molecule has 1 unspecified atom stereocenters. The molecule has 0 saturated carbocycles. The van der Waals surface area contributed by atoms with Gasteiger partial charge >= 0.3 is 0 Å². The third-order valence-electron chi connectivity index (χ3n) is 2.30. The van der Waals surface area contributed by atoms with Gasteiger partial charge < -0.3 is 14.8 Å². The first-order valence-electron chi connectivity index (χ1n) is 3.92. The van der Waals surface area contributed by atoms with Crippen LogP contribution in [0.2, 0.25) is 0 Å². The number of hydrogen-bond donors (Lipinski definition) is 0. The Morgan fingerprint density at radius 2 is 2.38 bits per heavy atom. The molecule has 0 spiro atoms. The molecule has 1 amide bonds. The van der Waals surface area contributed by atoms with Crippen LogP contribution in [0.15, 0.2) is 12.2 Å². The zero-order chi connectivity index (χ0) is 9.59. The van der Waals surface area contributed by atoms with Gasteiger partial charge in [0.2, 0.25) is 5.91 Å². The summed E-state index contributed by atoms with van der Waals surface area (Å²) in [6.45, 7) is 3.63. The molecule has 13 heavy (non-hydrogen) atoms. The lowest BCUT2D eigenvalue weighted by atomic mass is 10.0. The van der Waals surface area contributed by atoms with Gasteiger partial charge in [-0.3, -0.25) is 4.79 Å². The van der Waals surface area contributed by atoms with Gasteiger partial charge in [0.15, 0.2) is 0 Å². The van der Waals surface area contributed by atoms with Crippen LogP contribution in [0.1, 0.15) is 6.42 Å². The van der Waals surface area contributed by atoms with Crippen molar-refractivity contribution in [2.24, 2.45) is 0 Å². The molecule has 2 fully saturated rings. The number of carbonyl (C=O) groups excluding carboxylic acids is 2. The number of fused-ring (bicyclic) bond motifs is 1. The minimum absolute atomic E-state index is 0.0286. The van der Waals surface area contributed by atoms with E-state index in [0.717, 1.165) is 0 Å². The number of amides is 1. The van der Waals surface area contributed by atoms with E-state index in [9.17, 15) is 14.7 Å². The zero-order valence-electron chi connectivity index (χ0n) is 6.86. The second-order valence-electron chi connectivity index (χ2n) is 3.15. The number of rotatable bonds is 1. The Morgan fingerprint density at radius 3 is 2.85 bits per heavy atom. The fourth-order valence-corrected chi connectivity index (χ4v) is 2.83. The molecule has 2 atom stereocenters. The van der Waals surface area contributed by atoms with Crippen molar-refractivity contribution >= 4 is 23.6 Å². The van der Waals surface area contributed by atoms with Gasteiger partial charge in [0.25, 0.3) is 0 Å². The molecule has 5 heteroatoms. The van der Waals surface area contributed by atoms with Crippen LogP contribution in [0.5, 0.6) is 0 Å². The zero-order valence-corrected chi connectivity index (χ0v) is 7.67. The highest BCUT2D eigenvalue weighted by atomic mass is 32.2. The molecule has 70 valence electrons. The van der Waals surface area contributed by atoms with Gasteiger partial charge in [0.05, 0.1) is 23.8 Å². The first-order chi connectivity index (χ1) is 6.11. The van der Waals surface area contributed by atoms with Crippen molar-refractivity contribution in [2.45, 2.75) is 17.8 Å². The Hall–Kier alpha value is -0.970. The van der Waals surface area contributed by atoms with E-state index in [-0.39, 0.29) is 11.3 Å². The Bertz CT molecular complexity index is 302. The number of aliphatic carboxylic acids is 1. The number of hydrogen-bond acceptors (Lipinski definition) is 4. The molecule has 2 saturated heterocycles. The van der Waals surface area contributed by atoms with E-state index in [1.807, 2.05) is 0 Å². The Kier molecular flexibility index (Phi) is 1.83.